The Kier molecular flexibility index (Phi) is 3.72. The molecule has 0 aliphatic carbocycles. The average Bonchev–Trinajstić information content (AvgIpc) is 2.67. The second-order valence-corrected chi connectivity index (χ2v) is 4.63. The second kappa shape index (κ2) is 5.27. The number of rotatable bonds is 3. The van der Waals surface area contributed by atoms with Crippen molar-refractivity contribution < 1.29 is 4.79 Å². The first-order chi connectivity index (χ1) is 8.58. The number of nitrogens with one attached hydrogen (secondary N) is 1. The molecule has 1 N–H and O–H groups in total. The van der Waals surface area contributed by atoms with Gasteiger partial charge in [0.2, 0.25) is 0 Å². The van der Waals surface area contributed by atoms with Crippen molar-refractivity contribution in [1.29, 1.82) is 0 Å². The molecule has 1 aromatic carbocycles. The molecule has 1 aromatic heterocycles. The summed E-state index contributed by atoms with van der Waals surface area (Å²) in [6.45, 7) is 2.46. The lowest BCUT2D eigenvalue weighted by Gasteiger charge is -2.05. The maximum atomic E-state index is 11.9. The molecule has 2 aromatic rings. The summed E-state index contributed by atoms with van der Waals surface area (Å²) in [7, 11) is 1.88. The van der Waals surface area contributed by atoms with E-state index in [0.717, 1.165) is 16.2 Å². The van der Waals surface area contributed by atoms with E-state index in [1.165, 1.54) is 0 Å². The third-order valence-electron chi connectivity index (χ3n) is 2.88. The molecule has 1 amide bonds. The van der Waals surface area contributed by atoms with Crippen molar-refractivity contribution in [3.63, 3.8) is 0 Å². The minimum absolute atomic E-state index is 0.103. The fraction of sp³-hybridized carbons (Fsp3) is 0.231. The molecule has 94 valence electrons. The van der Waals surface area contributed by atoms with E-state index in [9.17, 15) is 4.79 Å². The normalized spacial score (nSPS) is 10.4. The van der Waals surface area contributed by atoms with E-state index >= 15 is 0 Å². The molecular weight excluding hydrogens is 246 g/mol. The number of thiol groups is 1. The number of amides is 1. The number of carbonyl (C=O) groups is 1. The monoisotopic (exact) mass is 261 g/mol. The van der Waals surface area contributed by atoms with Crippen molar-refractivity contribution in [2.24, 2.45) is 7.05 Å². The maximum absolute atomic E-state index is 11.9. The smallest absolute Gasteiger partial charge is 0.251 e. The molecule has 0 radical (unpaired) electrons. The number of benzene rings is 1. The lowest BCUT2D eigenvalue weighted by Crippen LogP contribution is -2.23. The van der Waals surface area contributed by atoms with Gasteiger partial charge in [-0.15, -0.1) is 12.6 Å². The SMILES string of the molecule is Cc1c(CNC(=O)c2cccc(S)c2)cnn1C. The van der Waals surface area contributed by atoms with Crippen LogP contribution in [-0.4, -0.2) is 15.7 Å². The zero-order chi connectivity index (χ0) is 13.1. The summed E-state index contributed by atoms with van der Waals surface area (Å²) in [5.74, 6) is -0.103. The Bertz CT molecular complexity index is 577. The van der Waals surface area contributed by atoms with Crippen LogP contribution in [0.15, 0.2) is 35.4 Å². The summed E-state index contributed by atoms with van der Waals surface area (Å²) in [5, 5.41) is 7.00. The maximum Gasteiger partial charge on any atom is 0.251 e. The van der Waals surface area contributed by atoms with Gasteiger partial charge >= 0.3 is 0 Å². The zero-order valence-corrected chi connectivity index (χ0v) is 11.2. The molecule has 4 nitrogen and oxygen atoms in total. The molecule has 1 heterocycles. The number of carbonyl (C=O) groups excluding carboxylic acids is 1. The molecule has 0 aliphatic heterocycles. The van der Waals surface area contributed by atoms with Crippen LogP contribution in [0.1, 0.15) is 21.6 Å². The van der Waals surface area contributed by atoms with Crippen LogP contribution in [0.4, 0.5) is 0 Å². The molecule has 18 heavy (non-hydrogen) atoms. The lowest BCUT2D eigenvalue weighted by molar-refractivity contribution is 0.0950. The Morgan fingerprint density at radius 3 is 2.89 bits per heavy atom. The molecular formula is C13H15N3OS. The quantitative estimate of drug-likeness (QED) is 0.830. The fourth-order valence-corrected chi connectivity index (χ4v) is 1.87. The standard InChI is InChI=1S/C13H15N3OS/c1-9-11(8-15-16(9)2)7-14-13(17)10-4-3-5-12(18)6-10/h3-6,8,18H,7H2,1-2H3,(H,14,17). The highest BCUT2D eigenvalue weighted by Crippen LogP contribution is 2.09. The van der Waals surface area contributed by atoms with Crippen LogP contribution in [0.5, 0.6) is 0 Å². The Morgan fingerprint density at radius 1 is 1.50 bits per heavy atom. The van der Waals surface area contributed by atoms with Gasteiger partial charge < -0.3 is 5.32 Å². The molecule has 0 unspecified atom stereocenters. The van der Waals surface area contributed by atoms with E-state index in [1.807, 2.05) is 26.1 Å². The number of hydrogen-bond donors (Lipinski definition) is 2. The molecule has 0 bridgehead atoms. The van der Waals surface area contributed by atoms with E-state index in [1.54, 1.807) is 23.0 Å². The second-order valence-electron chi connectivity index (χ2n) is 4.11. The molecule has 0 atom stereocenters. The van der Waals surface area contributed by atoms with Crippen LogP contribution in [0, 0.1) is 6.92 Å². The summed E-state index contributed by atoms with van der Waals surface area (Å²) < 4.78 is 1.79. The van der Waals surface area contributed by atoms with Gasteiger partial charge in [-0.1, -0.05) is 6.07 Å². The van der Waals surface area contributed by atoms with Gasteiger partial charge in [0.05, 0.1) is 6.20 Å². The van der Waals surface area contributed by atoms with E-state index in [-0.39, 0.29) is 5.91 Å². The van der Waals surface area contributed by atoms with Crippen molar-refractivity contribution in [1.82, 2.24) is 15.1 Å². The van der Waals surface area contributed by atoms with Gasteiger partial charge in [-0.25, -0.2) is 0 Å². The van der Waals surface area contributed by atoms with Gasteiger partial charge in [0.1, 0.15) is 0 Å². The number of aromatic nitrogens is 2. The predicted molar refractivity (Wildman–Crippen MR) is 72.8 cm³/mol. The molecule has 2 rings (SSSR count). The van der Waals surface area contributed by atoms with Crippen LogP contribution in [-0.2, 0) is 13.6 Å². The highest BCUT2D eigenvalue weighted by molar-refractivity contribution is 7.80. The summed E-state index contributed by atoms with van der Waals surface area (Å²) in [6.07, 6.45) is 1.77. The zero-order valence-electron chi connectivity index (χ0n) is 10.3. The summed E-state index contributed by atoms with van der Waals surface area (Å²) in [6, 6.07) is 7.16. The Labute approximate surface area is 111 Å². The van der Waals surface area contributed by atoms with Crippen molar-refractivity contribution in [2.45, 2.75) is 18.4 Å². The van der Waals surface area contributed by atoms with Crippen LogP contribution in [0.25, 0.3) is 0 Å². The van der Waals surface area contributed by atoms with Gasteiger partial charge in [0, 0.05) is 35.3 Å². The predicted octanol–water partition coefficient (Wildman–Crippen LogP) is 1.95. The largest absolute Gasteiger partial charge is 0.348 e. The summed E-state index contributed by atoms with van der Waals surface area (Å²) >= 11 is 4.21. The molecule has 0 saturated heterocycles. The van der Waals surface area contributed by atoms with Gasteiger partial charge in [-0.05, 0) is 25.1 Å². The Morgan fingerprint density at radius 2 is 2.28 bits per heavy atom. The number of hydrogen-bond acceptors (Lipinski definition) is 3. The van der Waals surface area contributed by atoms with Crippen LogP contribution in [0.2, 0.25) is 0 Å². The third kappa shape index (κ3) is 2.73. The van der Waals surface area contributed by atoms with E-state index in [2.05, 4.69) is 23.0 Å². The third-order valence-corrected chi connectivity index (χ3v) is 3.16. The Balaban J connectivity index is 2.03. The highest BCUT2D eigenvalue weighted by atomic mass is 32.1. The van der Waals surface area contributed by atoms with Gasteiger partial charge in [0.25, 0.3) is 5.91 Å². The Hall–Kier alpha value is -1.75. The van der Waals surface area contributed by atoms with Crippen molar-refractivity contribution >= 4 is 18.5 Å². The van der Waals surface area contributed by atoms with Crippen LogP contribution >= 0.6 is 12.6 Å². The first-order valence-electron chi connectivity index (χ1n) is 5.62. The van der Waals surface area contributed by atoms with Crippen LogP contribution in [0.3, 0.4) is 0 Å². The lowest BCUT2D eigenvalue weighted by atomic mass is 10.2. The van der Waals surface area contributed by atoms with Crippen molar-refractivity contribution in [3.8, 4) is 0 Å². The molecule has 0 fully saturated rings. The number of aryl methyl sites for hydroxylation is 1. The fourth-order valence-electron chi connectivity index (χ4n) is 1.64. The minimum Gasteiger partial charge on any atom is -0.348 e. The summed E-state index contributed by atoms with van der Waals surface area (Å²) in [5.41, 5.74) is 2.69. The molecule has 0 spiro atoms. The highest BCUT2D eigenvalue weighted by Gasteiger charge is 2.08. The van der Waals surface area contributed by atoms with Gasteiger partial charge in [-0.2, -0.15) is 5.10 Å². The molecule has 0 aliphatic rings. The van der Waals surface area contributed by atoms with Gasteiger partial charge in [-0.3, -0.25) is 9.48 Å². The van der Waals surface area contributed by atoms with Gasteiger partial charge in [0.15, 0.2) is 0 Å². The molecule has 0 saturated carbocycles. The van der Waals surface area contributed by atoms with E-state index < -0.39 is 0 Å². The van der Waals surface area contributed by atoms with E-state index in [0.29, 0.717) is 12.1 Å². The molecule has 5 heteroatoms. The average molecular weight is 261 g/mol. The first kappa shape index (κ1) is 12.7. The minimum atomic E-state index is -0.103. The number of nitrogens with zero attached hydrogens (tertiary/aromatic N) is 2. The topological polar surface area (TPSA) is 46.9 Å². The van der Waals surface area contributed by atoms with Crippen LogP contribution < -0.4 is 5.32 Å². The summed E-state index contributed by atoms with van der Waals surface area (Å²) in [4.78, 5) is 12.7. The first-order valence-corrected chi connectivity index (χ1v) is 6.07. The van der Waals surface area contributed by atoms with Crippen molar-refractivity contribution in [3.05, 3.63) is 47.3 Å². The van der Waals surface area contributed by atoms with Crippen molar-refractivity contribution in [2.75, 3.05) is 0 Å². The van der Waals surface area contributed by atoms with E-state index in [4.69, 9.17) is 0 Å².